The Morgan fingerprint density at radius 2 is 2.11 bits per heavy atom. The van der Waals surface area contributed by atoms with Gasteiger partial charge in [-0.15, -0.1) is 0 Å². The molecule has 0 spiro atoms. The monoisotopic (exact) mass is 260 g/mol. The number of hydrogen-bond acceptors (Lipinski definition) is 3. The predicted octanol–water partition coefficient (Wildman–Crippen LogP) is 2.15. The molecule has 3 rings (SSSR count). The van der Waals surface area contributed by atoms with Gasteiger partial charge < -0.3 is 10.1 Å². The third-order valence-corrected chi connectivity index (χ3v) is 4.02. The van der Waals surface area contributed by atoms with Crippen molar-refractivity contribution in [2.75, 3.05) is 26.8 Å². The first-order valence-electron chi connectivity index (χ1n) is 7.39. The van der Waals surface area contributed by atoms with Crippen LogP contribution in [0.25, 0.3) is 0 Å². The van der Waals surface area contributed by atoms with E-state index in [9.17, 15) is 0 Å². The molecule has 3 heteroatoms. The molecule has 1 N–H and O–H groups in total. The van der Waals surface area contributed by atoms with Gasteiger partial charge in [-0.05, 0) is 42.5 Å². The summed E-state index contributed by atoms with van der Waals surface area (Å²) in [5.41, 5.74) is 4.34. The predicted molar refractivity (Wildman–Crippen MR) is 76.9 cm³/mol. The van der Waals surface area contributed by atoms with Crippen LogP contribution < -0.4 is 5.32 Å². The van der Waals surface area contributed by atoms with Crippen molar-refractivity contribution in [3.8, 4) is 0 Å². The minimum atomic E-state index is 0.861. The summed E-state index contributed by atoms with van der Waals surface area (Å²) in [6.45, 7) is 5.91. The highest BCUT2D eigenvalue weighted by Gasteiger charge is 2.20. The van der Waals surface area contributed by atoms with Gasteiger partial charge in [0.1, 0.15) is 0 Å². The summed E-state index contributed by atoms with van der Waals surface area (Å²) in [4.78, 5) is 2.34. The Balaban J connectivity index is 1.41. The number of ether oxygens (including phenoxy) is 1. The Morgan fingerprint density at radius 3 is 2.95 bits per heavy atom. The van der Waals surface area contributed by atoms with Crippen LogP contribution in [0.1, 0.15) is 29.5 Å². The van der Waals surface area contributed by atoms with Crippen LogP contribution in [0, 0.1) is 5.92 Å². The van der Waals surface area contributed by atoms with Crippen LogP contribution in [0.15, 0.2) is 18.2 Å². The zero-order chi connectivity index (χ0) is 13.1. The number of hydrogen-bond donors (Lipinski definition) is 1. The summed E-state index contributed by atoms with van der Waals surface area (Å²) in [6.07, 6.45) is 2.75. The SMILES string of the molecule is CN(CCOCC1CC1)Cc1ccc2c(c1)CNC2. The molecule has 3 nitrogen and oxygen atoms in total. The van der Waals surface area contributed by atoms with Gasteiger partial charge in [-0.25, -0.2) is 0 Å². The molecule has 1 fully saturated rings. The molecular weight excluding hydrogens is 236 g/mol. The van der Waals surface area contributed by atoms with E-state index in [-0.39, 0.29) is 0 Å². The minimum Gasteiger partial charge on any atom is -0.380 e. The molecule has 104 valence electrons. The Bertz CT molecular complexity index is 429. The van der Waals surface area contributed by atoms with Gasteiger partial charge in [-0.2, -0.15) is 0 Å². The lowest BCUT2D eigenvalue weighted by molar-refractivity contribution is 0.102. The molecule has 0 amide bonds. The van der Waals surface area contributed by atoms with Crippen molar-refractivity contribution in [2.24, 2.45) is 5.92 Å². The van der Waals surface area contributed by atoms with Crippen molar-refractivity contribution in [1.29, 1.82) is 0 Å². The Kier molecular flexibility index (Phi) is 4.16. The highest BCUT2D eigenvalue weighted by Crippen LogP contribution is 2.28. The first-order chi connectivity index (χ1) is 9.31. The zero-order valence-corrected chi connectivity index (χ0v) is 11.8. The van der Waals surface area contributed by atoms with Gasteiger partial charge in [0.15, 0.2) is 0 Å². The van der Waals surface area contributed by atoms with Crippen LogP contribution in [-0.4, -0.2) is 31.7 Å². The third-order valence-electron chi connectivity index (χ3n) is 4.02. The molecule has 0 unspecified atom stereocenters. The lowest BCUT2D eigenvalue weighted by Gasteiger charge is -2.17. The van der Waals surface area contributed by atoms with Crippen LogP contribution in [-0.2, 0) is 24.4 Å². The third kappa shape index (κ3) is 3.78. The molecule has 1 heterocycles. The van der Waals surface area contributed by atoms with Crippen LogP contribution in [0.3, 0.4) is 0 Å². The summed E-state index contributed by atoms with van der Waals surface area (Å²) < 4.78 is 5.69. The van der Waals surface area contributed by atoms with E-state index >= 15 is 0 Å². The average molecular weight is 260 g/mol. The topological polar surface area (TPSA) is 24.5 Å². The zero-order valence-electron chi connectivity index (χ0n) is 11.8. The molecule has 1 aromatic rings. The number of nitrogens with zero attached hydrogens (tertiary/aromatic N) is 1. The Morgan fingerprint density at radius 1 is 1.26 bits per heavy atom. The number of fused-ring (bicyclic) bond motifs is 1. The largest absolute Gasteiger partial charge is 0.380 e. The van der Waals surface area contributed by atoms with E-state index < -0.39 is 0 Å². The van der Waals surface area contributed by atoms with E-state index in [0.717, 1.165) is 45.3 Å². The first kappa shape index (κ1) is 13.1. The summed E-state index contributed by atoms with van der Waals surface area (Å²) in [7, 11) is 2.17. The first-order valence-corrected chi connectivity index (χ1v) is 7.39. The fourth-order valence-corrected chi connectivity index (χ4v) is 2.59. The number of nitrogens with one attached hydrogen (secondary N) is 1. The second-order valence-corrected chi connectivity index (χ2v) is 5.96. The average Bonchev–Trinajstić information content (AvgIpc) is 3.11. The summed E-state index contributed by atoms with van der Waals surface area (Å²) >= 11 is 0. The van der Waals surface area contributed by atoms with Crippen molar-refractivity contribution < 1.29 is 4.74 Å². The van der Waals surface area contributed by atoms with Crippen molar-refractivity contribution in [3.05, 3.63) is 34.9 Å². The molecule has 0 radical (unpaired) electrons. The quantitative estimate of drug-likeness (QED) is 0.760. The van der Waals surface area contributed by atoms with Crippen molar-refractivity contribution in [1.82, 2.24) is 10.2 Å². The van der Waals surface area contributed by atoms with Gasteiger partial charge in [0.25, 0.3) is 0 Å². The molecule has 0 aromatic heterocycles. The summed E-state index contributed by atoms with van der Waals surface area (Å²) in [5, 5.41) is 3.39. The van der Waals surface area contributed by atoms with E-state index in [1.54, 1.807) is 0 Å². The van der Waals surface area contributed by atoms with E-state index in [2.05, 4.69) is 35.5 Å². The number of rotatable bonds is 7. The molecule has 1 aromatic carbocycles. The van der Waals surface area contributed by atoms with Gasteiger partial charge >= 0.3 is 0 Å². The van der Waals surface area contributed by atoms with Crippen LogP contribution in [0.5, 0.6) is 0 Å². The molecule has 0 bridgehead atoms. The van der Waals surface area contributed by atoms with Crippen molar-refractivity contribution in [2.45, 2.75) is 32.5 Å². The molecule has 1 aliphatic heterocycles. The molecule has 0 saturated heterocycles. The van der Waals surface area contributed by atoms with E-state index in [0.29, 0.717) is 0 Å². The van der Waals surface area contributed by atoms with E-state index in [1.807, 2.05) is 0 Å². The number of benzene rings is 1. The van der Waals surface area contributed by atoms with Gasteiger partial charge in [-0.3, -0.25) is 4.90 Å². The Labute approximate surface area is 115 Å². The van der Waals surface area contributed by atoms with Crippen LogP contribution in [0.4, 0.5) is 0 Å². The molecule has 19 heavy (non-hydrogen) atoms. The van der Waals surface area contributed by atoms with E-state index in [4.69, 9.17) is 4.74 Å². The van der Waals surface area contributed by atoms with Gasteiger partial charge in [-0.1, -0.05) is 18.2 Å². The highest BCUT2D eigenvalue weighted by molar-refractivity contribution is 5.34. The molecule has 2 aliphatic rings. The molecule has 1 aliphatic carbocycles. The smallest absolute Gasteiger partial charge is 0.0593 e. The highest BCUT2D eigenvalue weighted by atomic mass is 16.5. The van der Waals surface area contributed by atoms with Crippen LogP contribution >= 0.6 is 0 Å². The van der Waals surface area contributed by atoms with Gasteiger partial charge in [0.2, 0.25) is 0 Å². The standard InChI is InChI=1S/C16H24N2O/c1-18(6-7-19-12-13-2-3-13)11-14-4-5-15-9-17-10-16(15)8-14/h4-5,8,13,17H,2-3,6-7,9-12H2,1H3. The Hall–Kier alpha value is -0.900. The van der Waals surface area contributed by atoms with Gasteiger partial charge in [0.05, 0.1) is 6.61 Å². The molecule has 1 saturated carbocycles. The summed E-state index contributed by atoms with van der Waals surface area (Å²) in [6, 6.07) is 6.87. The maximum Gasteiger partial charge on any atom is 0.0593 e. The van der Waals surface area contributed by atoms with E-state index in [1.165, 1.54) is 29.5 Å². The number of likely N-dealkylation sites (N-methyl/N-ethyl adjacent to an activating group) is 1. The van der Waals surface area contributed by atoms with Crippen molar-refractivity contribution in [3.63, 3.8) is 0 Å². The summed E-state index contributed by atoms with van der Waals surface area (Å²) in [5.74, 6) is 0.870. The lowest BCUT2D eigenvalue weighted by Crippen LogP contribution is -2.23. The normalized spacial score (nSPS) is 18.0. The van der Waals surface area contributed by atoms with Crippen LogP contribution in [0.2, 0.25) is 0 Å². The maximum atomic E-state index is 5.69. The van der Waals surface area contributed by atoms with Crippen molar-refractivity contribution >= 4 is 0 Å². The minimum absolute atomic E-state index is 0.861. The second kappa shape index (κ2) is 6.04. The fourth-order valence-electron chi connectivity index (χ4n) is 2.59. The second-order valence-electron chi connectivity index (χ2n) is 5.96. The molecular formula is C16H24N2O. The maximum absolute atomic E-state index is 5.69. The molecule has 0 atom stereocenters. The fraction of sp³-hybridized carbons (Fsp3) is 0.625. The van der Waals surface area contributed by atoms with Gasteiger partial charge in [0, 0.05) is 32.8 Å². The lowest BCUT2D eigenvalue weighted by atomic mass is 10.1.